The molecular weight excluding hydrogens is 306 g/mol. The van der Waals surface area contributed by atoms with E-state index in [0.29, 0.717) is 18.2 Å². The lowest BCUT2D eigenvalue weighted by Gasteiger charge is -2.20. The van der Waals surface area contributed by atoms with Crippen LogP contribution in [0.4, 0.5) is 0 Å². The second kappa shape index (κ2) is 7.77. The molecule has 0 radical (unpaired) electrons. The fourth-order valence-electron chi connectivity index (χ4n) is 3.12. The molecule has 1 aliphatic carbocycles. The van der Waals surface area contributed by atoms with Gasteiger partial charge in [-0.1, -0.05) is 61.4 Å². The van der Waals surface area contributed by atoms with Crippen LogP contribution in [0.15, 0.2) is 40.5 Å². The Morgan fingerprint density at radius 2 is 1.96 bits per heavy atom. The standard InChI is InChI=1S/C18H23N3OS/c1-14(16-10-6-3-7-11-16)19-20-18-21(17(22)13-23-18)12-15-8-4-2-5-9-15/h2,4-5,8-9,16H,3,6-7,10-13H2,1H3/b19-14-,20-18+. The van der Waals surface area contributed by atoms with Gasteiger partial charge in [-0.2, -0.15) is 5.10 Å². The molecule has 1 aromatic rings. The first-order chi connectivity index (χ1) is 11.2. The number of carbonyl (C=O) groups is 1. The highest BCUT2D eigenvalue weighted by Crippen LogP contribution is 2.26. The second-order valence-corrected chi connectivity index (χ2v) is 7.16. The molecule has 23 heavy (non-hydrogen) atoms. The van der Waals surface area contributed by atoms with Crippen molar-refractivity contribution < 1.29 is 4.79 Å². The predicted octanol–water partition coefficient (Wildman–Crippen LogP) is 4.07. The quantitative estimate of drug-likeness (QED) is 0.617. The van der Waals surface area contributed by atoms with Crippen LogP contribution in [0.5, 0.6) is 0 Å². The smallest absolute Gasteiger partial charge is 0.239 e. The first-order valence-corrected chi connectivity index (χ1v) is 9.32. The number of carbonyl (C=O) groups excluding carboxylic acids is 1. The number of amidine groups is 1. The molecule has 2 fully saturated rings. The average molecular weight is 329 g/mol. The molecule has 0 spiro atoms. The van der Waals surface area contributed by atoms with Crippen molar-refractivity contribution >= 4 is 28.5 Å². The van der Waals surface area contributed by atoms with Crippen LogP contribution >= 0.6 is 11.8 Å². The van der Waals surface area contributed by atoms with Crippen molar-refractivity contribution in [1.29, 1.82) is 0 Å². The van der Waals surface area contributed by atoms with E-state index in [1.54, 1.807) is 4.90 Å². The highest BCUT2D eigenvalue weighted by atomic mass is 32.2. The van der Waals surface area contributed by atoms with Crippen molar-refractivity contribution in [2.45, 2.75) is 45.6 Å². The highest BCUT2D eigenvalue weighted by molar-refractivity contribution is 8.15. The lowest BCUT2D eigenvalue weighted by molar-refractivity contribution is -0.124. The van der Waals surface area contributed by atoms with E-state index in [0.717, 1.165) is 16.4 Å². The summed E-state index contributed by atoms with van der Waals surface area (Å²) >= 11 is 1.49. The third kappa shape index (κ3) is 4.22. The summed E-state index contributed by atoms with van der Waals surface area (Å²) in [6, 6.07) is 10.0. The summed E-state index contributed by atoms with van der Waals surface area (Å²) in [5, 5.41) is 9.58. The van der Waals surface area contributed by atoms with Crippen LogP contribution in [0.2, 0.25) is 0 Å². The number of thioether (sulfide) groups is 1. The van der Waals surface area contributed by atoms with Crippen LogP contribution in [-0.2, 0) is 11.3 Å². The Kier molecular flexibility index (Phi) is 5.49. The molecule has 1 aliphatic heterocycles. The maximum atomic E-state index is 12.1. The zero-order valence-electron chi connectivity index (χ0n) is 13.6. The van der Waals surface area contributed by atoms with Crippen molar-refractivity contribution in [3.8, 4) is 0 Å². The Morgan fingerprint density at radius 1 is 1.22 bits per heavy atom. The minimum atomic E-state index is 0.114. The van der Waals surface area contributed by atoms with E-state index in [-0.39, 0.29) is 5.91 Å². The lowest BCUT2D eigenvalue weighted by atomic mass is 9.86. The first-order valence-electron chi connectivity index (χ1n) is 8.33. The van der Waals surface area contributed by atoms with Gasteiger partial charge in [0.25, 0.3) is 0 Å². The number of benzene rings is 1. The molecule has 1 saturated heterocycles. The molecule has 0 unspecified atom stereocenters. The van der Waals surface area contributed by atoms with Crippen LogP contribution < -0.4 is 0 Å². The SMILES string of the molecule is C/C(=N/N=C1/SCC(=O)N1Cc1ccccc1)C1CCCCC1. The van der Waals surface area contributed by atoms with Gasteiger partial charge in [0.15, 0.2) is 5.17 Å². The van der Waals surface area contributed by atoms with E-state index in [2.05, 4.69) is 17.1 Å². The summed E-state index contributed by atoms with van der Waals surface area (Å²) in [5.41, 5.74) is 2.22. The summed E-state index contributed by atoms with van der Waals surface area (Å²) in [4.78, 5) is 13.9. The third-order valence-electron chi connectivity index (χ3n) is 4.53. The zero-order chi connectivity index (χ0) is 16.1. The minimum absolute atomic E-state index is 0.114. The lowest BCUT2D eigenvalue weighted by Crippen LogP contribution is -2.28. The fourth-order valence-corrected chi connectivity index (χ4v) is 3.95. The largest absolute Gasteiger partial charge is 0.285 e. The first kappa shape index (κ1) is 16.2. The molecule has 0 aromatic heterocycles. The maximum absolute atomic E-state index is 12.1. The summed E-state index contributed by atoms with van der Waals surface area (Å²) in [6.45, 7) is 2.65. The molecule has 2 aliphatic rings. The molecule has 1 heterocycles. The molecule has 0 atom stereocenters. The Labute approximate surface area is 142 Å². The van der Waals surface area contributed by atoms with E-state index in [9.17, 15) is 4.79 Å². The van der Waals surface area contributed by atoms with Crippen LogP contribution in [0, 0.1) is 5.92 Å². The topological polar surface area (TPSA) is 45.0 Å². The Bertz CT molecular complexity index is 606. The van der Waals surface area contributed by atoms with Gasteiger partial charge in [0.05, 0.1) is 12.3 Å². The normalized spacial score (nSPS) is 22.1. The molecule has 5 heteroatoms. The van der Waals surface area contributed by atoms with Gasteiger partial charge >= 0.3 is 0 Å². The Balaban J connectivity index is 1.70. The molecule has 1 aromatic carbocycles. The van der Waals surface area contributed by atoms with E-state index >= 15 is 0 Å². The number of amides is 1. The number of hydrogen-bond acceptors (Lipinski definition) is 4. The van der Waals surface area contributed by atoms with Gasteiger partial charge in [-0.25, -0.2) is 0 Å². The number of rotatable bonds is 4. The van der Waals surface area contributed by atoms with Crippen LogP contribution in [0.3, 0.4) is 0 Å². The molecule has 0 N–H and O–H groups in total. The van der Waals surface area contributed by atoms with Gasteiger partial charge in [0, 0.05) is 5.71 Å². The Hall–Kier alpha value is -1.62. The average Bonchev–Trinajstić information content (AvgIpc) is 2.94. The van der Waals surface area contributed by atoms with Crippen molar-refractivity contribution in [3.05, 3.63) is 35.9 Å². The van der Waals surface area contributed by atoms with Crippen molar-refractivity contribution in [1.82, 2.24) is 4.90 Å². The van der Waals surface area contributed by atoms with Gasteiger partial charge in [-0.15, -0.1) is 5.10 Å². The third-order valence-corrected chi connectivity index (χ3v) is 5.48. The molecule has 0 bridgehead atoms. The van der Waals surface area contributed by atoms with E-state index < -0.39 is 0 Å². The van der Waals surface area contributed by atoms with Crippen LogP contribution in [-0.4, -0.2) is 27.4 Å². The van der Waals surface area contributed by atoms with Crippen LogP contribution in [0.25, 0.3) is 0 Å². The van der Waals surface area contributed by atoms with Crippen molar-refractivity contribution in [2.75, 3.05) is 5.75 Å². The Morgan fingerprint density at radius 3 is 2.70 bits per heavy atom. The summed E-state index contributed by atoms with van der Waals surface area (Å²) < 4.78 is 0. The van der Waals surface area contributed by atoms with Gasteiger partial charge in [0.2, 0.25) is 5.91 Å². The van der Waals surface area contributed by atoms with E-state index in [1.807, 2.05) is 30.3 Å². The second-order valence-electron chi connectivity index (χ2n) is 6.21. The zero-order valence-corrected chi connectivity index (χ0v) is 14.4. The van der Waals surface area contributed by atoms with E-state index in [4.69, 9.17) is 0 Å². The number of hydrogen-bond donors (Lipinski definition) is 0. The molecule has 4 nitrogen and oxygen atoms in total. The summed E-state index contributed by atoms with van der Waals surface area (Å²) in [7, 11) is 0. The van der Waals surface area contributed by atoms with Crippen LogP contribution in [0.1, 0.15) is 44.6 Å². The van der Waals surface area contributed by atoms with Gasteiger partial charge in [-0.3, -0.25) is 9.69 Å². The molecule has 1 saturated carbocycles. The molecule has 1 amide bonds. The molecule has 3 rings (SSSR count). The highest BCUT2D eigenvalue weighted by Gasteiger charge is 2.28. The predicted molar refractivity (Wildman–Crippen MR) is 96.6 cm³/mol. The van der Waals surface area contributed by atoms with Crippen molar-refractivity contribution in [3.63, 3.8) is 0 Å². The molecular formula is C18H23N3OS. The minimum Gasteiger partial charge on any atom is -0.285 e. The van der Waals surface area contributed by atoms with Gasteiger partial charge in [0.1, 0.15) is 0 Å². The van der Waals surface area contributed by atoms with Gasteiger partial charge < -0.3 is 0 Å². The monoisotopic (exact) mass is 329 g/mol. The summed E-state index contributed by atoms with van der Waals surface area (Å²) in [6.07, 6.45) is 6.37. The fraction of sp³-hybridized carbons (Fsp3) is 0.500. The van der Waals surface area contributed by atoms with E-state index in [1.165, 1.54) is 43.9 Å². The number of nitrogens with zero attached hydrogens (tertiary/aromatic N) is 3. The summed E-state index contributed by atoms with van der Waals surface area (Å²) in [5.74, 6) is 1.14. The van der Waals surface area contributed by atoms with Crippen molar-refractivity contribution in [2.24, 2.45) is 16.1 Å². The molecule has 122 valence electrons. The van der Waals surface area contributed by atoms with Gasteiger partial charge in [-0.05, 0) is 31.2 Å². The maximum Gasteiger partial charge on any atom is 0.239 e.